The molecule has 0 amide bonds. The van der Waals surface area contributed by atoms with E-state index in [2.05, 4.69) is 12.0 Å². The normalized spacial score (nSPS) is 10.7. The highest BCUT2D eigenvalue weighted by molar-refractivity contribution is 8.93. The number of halogens is 1. The number of hydrogen-bond acceptors (Lipinski definition) is 3. The molecule has 3 nitrogen and oxygen atoms in total. The summed E-state index contributed by atoms with van der Waals surface area (Å²) in [5.74, 6) is 0. The minimum absolute atomic E-state index is 0. The molecule has 0 atom stereocenters. The van der Waals surface area contributed by atoms with Crippen LogP contribution < -0.4 is 4.80 Å². The fraction of sp³-hybridized carbons (Fsp3) is 0.895. The van der Waals surface area contributed by atoms with Gasteiger partial charge in [0.1, 0.15) is 5.51 Å². The third kappa shape index (κ3) is 13.2. The van der Waals surface area contributed by atoms with Gasteiger partial charge in [-0.05, 0) is 6.42 Å². The van der Waals surface area contributed by atoms with Gasteiger partial charge in [0.25, 0.3) is 0 Å². The summed E-state index contributed by atoms with van der Waals surface area (Å²) in [6.45, 7) is 3.20. The van der Waals surface area contributed by atoms with Crippen LogP contribution in [-0.2, 0) is 6.54 Å². The average molecular weight is 421 g/mol. The molecule has 5 heteroatoms. The Kier molecular flexibility index (Phi) is 17.5. The van der Waals surface area contributed by atoms with Crippen molar-refractivity contribution in [2.45, 2.75) is 110 Å². The zero-order chi connectivity index (χ0) is 16.6. The second-order valence-corrected chi connectivity index (χ2v) is 7.55. The highest BCUT2D eigenvalue weighted by atomic mass is 79.9. The number of nitrogens with one attached hydrogen (secondary N) is 1. The molecule has 1 heterocycles. The second kappa shape index (κ2) is 17.7. The molecule has 0 spiro atoms. The van der Waals surface area contributed by atoms with Crippen molar-refractivity contribution in [1.82, 2.24) is 9.78 Å². The zero-order valence-corrected chi connectivity index (χ0v) is 18.1. The van der Waals surface area contributed by atoms with Crippen LogP contribution in [0.15, 0.2) is 5.51 Å². The van der Waals surface area contributed by atoms with Gasteiger partial charge in [-0.2, -0.15) is 5.10 Å². The topological polar surface area (TPSA) is 41.7 Å². The molecule has 0 saturated heterocycles. The number of nitrogens with zero attached hydrogens (tertiary/aromatic N) is 2. The molecule has 1 N–H and O–H groups in total. The Morgan fingerprint density at radius 2 is 1.21 bits per heavy atom. The Bertz CT molecular complexity index is 417. The van der Waals surface area contributed by atoms with Gasteiger partial charge >= 0.3 is 0 Å². The molecule has 1 rings (SSSR count). The fourth-order valence-corrected chi connectivity index (χ4v) is 3.56. The van der Waals surface area contributed by atoms with Crippen LogP contribution in [0.4, 0.5) is 0 Å². The first-order valence-corrected chi connectivity index (χ1v) is 10.8. The molecule has 24 heavy (non-hydrogen) atoms. The minimum Gasteiger partial charge on any atom is -0.274 e. The molecule has 0 radical (unpaired) electrons. The molecule has 0 saturated carbocycles. The third-order valence-corrected chi connectivity index (χ3v) is 5.19. The number of hydrogen-bond donors (Lipinski definition) is 1. The fourth-order valence-electron chi connectivity index (χ4n) is 3.04. The van der Waals surface area contributed by atoms with Crippen LogP contribution in [-0.4, -0.2) is 9.78 Å². The van der Waals surface area contributed by atoms with E-state index in [-0.39, 0.29) is 17.0 Å². The molecule has 0 aliphatic rings. The second-order valence-electron chi connectivity index (χ2n) is 6.72. The quantitative estimate of drug-likeness (QED) is 0.291. The lowest BCUT2D eigenvalue weighted by Crippen LogP contribution is -2.14. The number of aryl methyl sites for hydroxylation is 1. The summed E-state index contributed by atoms with van der Waals surface area (Å²) < 4.78 is 1.81. The summed E-state index contributed by atoms with van der Waals surface area (Å²) in [5.41, 5.74) is 1.76. The molecule has 1 aromatic heterocycles. The lowest BCUT2D eigenvalue weighted by atomic mass is 10.0. The maximum absolute atomic E-state index is 7.65. The van der Waals surface area contributed by atoms with E-state index in [0.717, 1.165) is 13.0 Å². The zero-order valence-electron chi connectivity index (χ0n) is 15.6. The lowest BCUT2D eigenvalue weighted by Gasteiger charge is -2.03. The van der Waals surface area contributed by atoms with Crippen molar-refractivity contribution in [2.75, 3.05) is 0 Å². The molecule has 0 aliphatic heterocycles. The van der Waals surface area contributed by atoms with Crippen molar-refractivity contribution in [3.8, 4) is 0 Å². The van der Waals surface area contributed by atoms with E-state index in [4.69, 9.17) is 5.41 Å². The SMILES string of the molecule is Br.CCCCCCCCCCCCCCCCCn1ncsc1=N. The first-order chi connectivity index (χ1) is 11.3. The maximum atomic E-state index is 7.65. The highest BCUT2D eigenvalue weighted by Crippen LogP contribution is 2.13. The van der Waals surface area contributed by atoms with Gasteiger partial charge in [-0.25, -0.2) is 4.68 Å². The van der Waals surface area contributed by atoms with Crippen molar-refractivity contribution in [3.05, 3.63) is 10.3 Å². The summed E-state index contributed by atoms with van der Waals surface area (Å²) in [6.07, 6.45) is 20.9. The summed E-state index contributed by atoms with van der Waals surface area (Å²) >= 11 is 1.41. The highest BCUT2D eigenvalue weighted by Gasteiger charge is 1.96. The third-order valence-electron chi connectivity index (χ3n) is 4.56. The number of aromatic nitrogens is 2. The monoisotopic (exact) mass is 419 g/mol. The van der Waals surface area contributed by atoms with Gasteiger partial charge in [0.15, 0.2) is 4.80 Å². The Balaban J connectivity index is 0.00000529. The number of unbranched alkanes of at least 4 members (excludes halogenated alkanes) is 14. The predicted octanol–water partition coefficient (Wildman–Crippen LogP) is 6.87. The molecular weight excluding hydrogens is 382 g/mol. The van der Waals surface area contributed by atoms with Crippen molar-refractivity contribution in [1.29, 1.82) is 5.41 Å². The van der Waals surface area contributed by atoms with Gasteiger partial charge in [-0.1, -0.05) is 108 Å². The summed E-state index contributed by atoms with van der Waals surface area (Å²) in [5, 5.41) is 11.8. The average Bonchev–Trinajstić information content (AvgIpc) is 2.96. The van der Waals surface area contributed by atoms with Crippen LogP contribution in [0, 0.1) is 5.41 Å². The summed E-state index contributed by atoms with van der Waals surface area (Å²) in [6, 6.07) is 0. The van der Waals surface area contributed by atoms with Gasteiger partial charge in [-0.3, -0.25) is 5.41 Å². The van der Waals surface area contributed by atoms with Crippen LogP contribution in [0.5, 0.6) is 0 Å². The maximum Gasteiger partial charge on any atom is 0.199 e. The van der Waals surface area contributed by atoms with E-state index < -0.39 is 0 Å². The molecule has 0 fully saturated rings. The van der Waals surface area contributed by atoms with Crippen molar-refractivity contribution in [2.24, 2.45) is 0 Å². The lowest BCUT2D eigenvalue weighted by molar-refractivity contribution is 0.501. The van der Waals surface area contributed by atoms with Crippen LogP contribution in [0.25, 0.3) is 0 Å². The van der Waals surface area contributed by atoms with Crippen LogP contribution in [0.2, 0.25) is 0 Å². The predicted molar refractivity (Wildman–Crippen MR) is 111 cm³/mol. The van der Waals surface area contributed by atoms with Crippen LogP contribution >= 0.6 is 28.3 Å². The first kappa shape index (κ1) is 23.8. The Hall–Kier alpha value is -0.160. The number of rotatable bonds is 16. The van der Waals surface area contributed by atoms with Gasteiger partial charge in [0.05, 0.1) is 0 Å². The van der Waals surface area contributed by atoms with E-state index in [0.29, 0.717) is 4.80 Å². The van der Waals surface area contributed by atoms with Gasteiger partial charge < -0.3 is 0 Å². The smallest absolute Gasteiger partial charge is 0.199 e. The van der Waals surface area contributed by atoms with E-state index in [9.17, 15) is 0 Å². The standard InChI is InChI=1S/C19H37N3S.BrH/c1-2-3-4-5-6-7-8-9-10-11-12-13-14-15-16-17-22-19(20)23-18-21-22;/h18,20H,2-17H2,1H3;1H. The first-order valence-electron chi connectivity index (χ1n) is 9.89. The largest absolute Gasteiger partial charge is 0.274 e. The molecule has 0 aliphatic carbocycles. The Morgan fingerprint density at radius 3 is 1.58 bits per heavy atom. The molecule has 1 aromatic rings. The molecule has 0 unspecified atom stereocenters. The van der Waals surface area contributed by atoms with Gasteiger partial charge in [0, 0.05) is 6.54 Å². The summed E-state index contributed by atoms with van der Waals surface area (Å²) in [4.78, 5) is 0.579. The molecule has 0 bridgehead atoms. The Morgan fingerprint density at radius 1 is 0.792 bits per heavy atom. The van der Waals surface area contributed by atoms with E-state index in [1.807, 2.05) is 4.68 Å². The minimum atomic E-state index is 0. The van der Waals surface area contributed by atoms with E-state index in [1.165, 1.54) is 101 Å². The Labute approximate surface area is 163 Å². The molecule has 142 valence electrons. The van der Waals surface area contributed by atoms with Gasteiger partial charge in [-0.15, -0.1) is 17.0 Å². The molecular formula is C19H38BrN3S. The van der Waals surface area contributed by atoms with Crippen molar-refractivity contribution < 1.29 is 0 Å². The van der Waals surface area contributed by atoms with Crippen LogP contribution in [0.1, 0.15) is 103 Å². The van der Waals surface area contributed by atoms with E-state index >= 15 is 0 Å². The van der Waals surface area contributed by atoms with Crippen molar-refractivity contribution >= 4 is 28.3 Å². The van der Waals surface area contributed by atoms with Crippen LogP contribution in [0.3, 0.4) is 0 Å². The van der Waals surface area contributed by atoms with E-state index in [1.54, 1.807) is 5.51 Å². The molecule has 0 aromatic carbocycles. The summed E-state index contributed by atoms with van der Waals surface area (Å²) in [7, 11) is 0. The van der Waals surface area contributed by atoms with Crippen molar-refractivity contribution in [3.63, 3.8) is 0 Å². The van der Waals surface area contributed by atoms with Gasteiger partial charge in [0.2, 0.25) is 0 Å².